The van der Waals surface area contributed by atoms with Crippen LogP contribution in [0.3, 0.4) is 0 Å². The van der Waals surface area contributed by atoms with Crippen molar-refractivity contribution in [3.63, 3.8) is 0 Å². The molecule has 0 atom stereocenters. The van der Waals surface area contributed by atoms with Gasteiger partial charge >= 0.3 is 6.18 Å². The fourth-order valence-electron chi connectivity index (χ4n) is 2.79. The average Bonchev–Trinajstić information content (AvgIpc) is 2.79. The molecule has 0 aliphatic heterocycles. The predicted molar refractivity (Wildman–Crippen MR) is 125 cm³/mol. The van der Waals surface area contributed by atoms with Gasteiger partial charge in [-0.15, -0.1) is 0 Å². The zero-order valence-electron chi connectivity index (χ0n) is 17.1. The molecule has 0 spiro atoms. The van der Waals surface area contributed by atoms with Gasteiger partial charge in [0.1, 0.15) is 6.54 Å². The van der Waals surface area contributed by atoms with Crippen LogP contribution in [0.25, 0.3) is 0 Å². The molecule has 6 nitrogen and oxygen atoms in total. The number of hydrogen-bond acceptors (Lipinski definition) is 4. The highest BCUT2D eigenvalue weighted by molar-refractivity contribution is 7.92. The summed E-state index contributed by atoms with van der Waals surface area (Å²) in [5.74, 6) is -0.904. The van der Waals surface area contributed by atoms with Crippen LogP contribution in [0.4, 0.5) is 18.9 Å². The van der Waals surface area contributed by atoms with Crippen molar-refractivity contribution in [3.05, 3.63) is 94.0 Å². The van der Waals surface area contributed by atoms with Crippen molar-refractivity contribution in [3.8, 4) is 0 Å². The fraction of sp³-hybridized carbons (Fsp3) is 0.0909. The van der Waals surface area contributed by atoms with Gasteiger partial charge in [-0.25, -0.2) is 13.8 Å². The van der Waals surface area contributed by atoms with Crippen LogP contribution in [-0.2, 0) is 21.0 Å². The van der Waals surface area contributed by atoms with Gasteiger partial charge in [0, 0.05) is 5.02 Å². The van der Waals surface area contributed by atoms with E-state index in [0.717, 1.165) is 12.1 Å². The molecule has 34 heavy (non-hydrogen) atoms. The summed E-state index contributed by atoms with van der Waals surface area (Å²) in [6.07, 6.45) is -3.46. The van der Waals surface area contributed by atoms with Crippen molar-refractivity contribution in [2.24, 2.45) is 5.10 Å². The maximum atomic E-state index is 13.3. The minimum absolute atomic E-state index is 0.235. The van der Waals surface area contributed by atoms with E-state index in [4.69, 9.17) is 23.2 Å². The molecule has 3 rings (SSSR count). The number of benzene rings is 3. The molecule has 1 amide bonds. The van der Waals surface area contributed by atoms with E-state index in [-0.39, 0.29) is 9.92 Å². The van der Waals surface area contributed by atoms with Gasteiger partial charge in [0.2, 0.25) is 0 Å². The lowest BCUT2D eigenvalue weighted by Crippen LogP contribution is -2.40. The lowest BCUT2D eigenvalue weighted by Gasteiger charge is -2.25. The third-order valence-electron chi connectivity index (χ3n) is 4.43. The lowest BCUT2D eigenvalue weighted by molar-refractivity contribution is -0.137. The number of anilines is 1. The van der Waals surface area contributed by atoms with Gasteiger partial charge in [-0.3, -0.25) is 9.10 Å². The Balaban J connectivity index is 1.94. The zero-order valence-corrected chi connectivity index (χ0v) is 19.5. The summed E-state index contributed by atoms with van der Waals surface area (Å²) in [4.78, 5) is 12.3. The van der Waals surface area contributed by atoms with E-state index in [0.29, 0.717) is 21.0 Å². The Kier molecular flexibility index (Phi) is 7.86. The molecule has 0 radical (unpaired) electrons. The highest BCUT2D eigenvalue weighted by Gasteiger charge is 2.34. The molecule has 3 aromatic rings. The summed E-state index contributed by atoms with van der Waals surface area (Å²) in [6.45, 7) is -0.879. The minimum atomic E-state index is -4.76. The first-order chi connectivity index (χ1) is 16.0. The smallest absolute Gasteiger partial charge is 0.271 e. The van der Waals surface area contributed by atoms with E-state index in [9.17, 15) is 26.4 Å². The molecule has 0 saturated heterocycles. The molecular formula is C22H16Cl2F3N3O3S. The summed E-state index contributed by atoms with van der Waals surface area (Å²) < 4.78 is 66.9. The highest BCUT2D eigenvalue weighted by atomic mass is 35.5. The van der Waals surface area contributed by atoms with Gasteiger partial charge in [-0.2, -0.15) is 18.3 Å². The van der Waals surface area contributed by atoms with Crippen molar-refractivity contribution in [1.82, 2.24) is 5.43 Å². The molecule has 3 aromatic carbocycles. The Hall–Kier alpha value is -3.08. The summed E-state index contributed by atoms with van der Waals surface area (Å²) in [6, 6.07) is 15.6. The summed E-state index contributed by atoms with van der Waals surface area (Å²) >= 11 is 11.9. The van der Waals surface area contributed by atoms with E-state index in [1.165, 1.54) is 30.5 Å². The molecule has 0 aliphatic carbocycles. The third-order valence-corrected chi connectivity index (χ3v) is 6.78. The topological polar surface area (TPSA) is 78.8 Å². The number of nitrogens with one attached hydrogen (secondary N) is 1. The van der Waals surface area contributed by atoms with Crippen LogP contribution in [0.1, 0.15) is 11.1 Å². The third kappa shape index (κ3) is 6.28. The van der Waals surface area contributed by atoms with Crippen LogP contribution in [-0.4, -0.2) is 27.1 Å². The van der Waals surface area contributed by atoms with Crippen LogP contribution in [0.15, 0.2) is 82.8 Å². The first kappa shape index (κ1) is 25.5. The molecule has 0 bridgehead atoms. The monoisotopic (exact) mass is 529 g/mol. The number of carbonyl (C=O) groups excluding carboxylic acids is 1. The van der Waals surface area contributed by atoms with Gasteiger partial charge in [0.25, 0.3) is 15.9 Å². The fourth-order valence-corrected chi connectivity index (χ4v) is 4.64. The molecule has 0 unspecified atom stereocenters. The van der Waals surface area contributed by atoms with Crippen molar-refractivity contribution in [2.45, 2.75) is 11.1 Å². The van der Waals surface area contributed by atoms with Gasteiger partial charge < -0.3 is 0 Å². The molecule has 0 fully saturated rings. The number of rotatable bonds is 7. The summed E-state index contributed by atoms with van der Waals surface area (Å²) in [5, 5.41) is 3.96. The standard InChI is InChI=1S/C22H16Cl2F3N3O3S/c23-17-9-6-15(7-10-17)13-28-29-21(31)14-30(34(32,33)18-4-2-1-3-5-18)20-12-16(22(25,26)27)8-11-19(20)24/h1-13H,14H2,(H,29,31)/b28-13+. The number of hydrogen-bond donors (Lipinski definition) is 1. The second-order valence-electron chi connectivity index (χ2n) is 6.83. The molecule has 178 valence electrons. The van der Waals surface area contributed by atoms with Crippen LogP contribution in [0.2, 0.25) is 10.0 Å². The number of halogens is 5. The molecule has 12 heteroatoms. The van der Waals surface area contributed by atoms with E-state index < -0.39 is 39.9 Å². The summed E-state index contributed by atoms with van der Waals surface area (Å²) in [7, 11) is -4.46. The number of amides is 1. The molecular weight excluding hydrogens is 514 g/mol. The maximum Gasteiger partial charge on any atom is 0.416 e. The first-order valence-electron chi connectivity index (χ1n) is 9.50. The van der Waals surface area contributed by atoms with Gasteiger partial charge in [-0.1, -0.05) is 53.5 Å². The second kappa shape index (κ2) is 10.5. The van der Waals surface area contributed by atoms with E-state index >= 15 is 0 Å². The Morgan fingerprint density at radius 3 is 2.26 bits per heavy atom. The number of nitrogens with zero attached hydrogens (tertiary/aromatic N) is 2. The number of sulfonamides is 1. The van der Waals surface area contributed by atoms with Crippen LogP contribution in [0, 0.1) is 0 Å². The van der Waals surface area contributed by atoms with Crippen molar-refractivity contribution in [2.75, 3.05) is 10.8 Å². The highest BCUT2D eigenvalue weighted by Crippen LogP contribution is 2.37. The van der Waals surface area contributed by atoms with Gasteiger partial charge in [0.15, 0.2) is 0 Å². The van der Waals surface area contributed by atoms with E-state index in [1.807, 2.05) is 0 Å². The van der Waals surface area contributed by atoms with Crippen LogP contribution < -0.4 is 9.73 Å². The Morgan fingerprint density at radius 2 is 1.65 bits per heavy atom. The lowest BCUT2D eigenvalue weighted by atomic mass is 10.2. The Bertz CT molecular complexity index is 1300. The normalized spacial score (nSPS) is 12.0. The molecule has 1 N–H and O–H groups in total. The van der Waals surface area contributed by atoms with Gasteiger partial charge in [0.05, 0.1) is 27.4 Å². The first-order valence-corrected chi connectivity index (χ1v) is 11.7. The summed E-state index contributed by atoms with van der Waals surface area (Å²) in [5.41, 5.74) is 1.13. The second-order valence-corrected chi connectivity index (χ2v) is 9.54. The van der Waals surface area contributed by atoms with E-state index in [2.05, 4.69) is 10.5 Å². The minimum Gasteiger partial charge on any atom is -0.271 e. The average molecular weight is 530 g/mol. The van der Waals surface area contributed by atoms with Crippen LogP contribution in [0.5, 0.6) is 0 Å². The van der Waals surface area contributed by atoms with Crippen molar-refractivity contribution < 1.29 is 26.4 Å². The Labute approximate surface area is 203 Å². The zero-order chi connectivity index (χ0) is 24.9. The molecule has 0 aliphatic rings. The number of carbonyl (C=O) groups is 1. The molecule has 0 aromatic heterocycles. The maximum absolute atomic E-state index is 13.3. The van der Waals surface area contributed by atoms with Crippen molar-refractivity contribution in [1.29, 1.82) is 0 Å². The Morgan fingerprint density at radius 1 is 1.00 bits per heavy atom. The molecule has 0 saturated carbocycles. The quantitative estimate of drug-likeness (QED) is 0.330. The SMILES string of the molecule is O=C(CN(c1cc(C(F)(F)F)ccc1Cl)S(=O)(=O)c1ccccc1)N/N=C/c1ccc(Cl)cc1. The van der Waals surface area contributed by atoms with Crippen LogP contribution >= 0.6 is 23.2 Å². The van der Waals surface area contributed by atoms with E-state index in [1.54, 1.807) is 30.3 Å². The van der Waals surface area contributed by atoms with Crippen molar-refractivity contribution >= 4 is 51.0 Å². The largest absolute Gasteiger partial charge is 0.416 e. The predicted octanol–water partition coefficient (Wildman–Crippen LogP) is 5.36. The molecule has 0 heterocycles. The number of alkyl halides is 3. The van der Waals surface area contributed by atoms with Gasteiger partial charge in [-0.05, 0) is 48.0 Å². The number of hydrazone groups is 1.